The summed E-state index contributed by atoms with van der Waals surface area (Å²) in [7, 11) is 0. The van der Waals surface area contributed by atoms with Crippen LogP contribution in [0.1, 0.15) is 15.7 Å². The van der Waals surface area contributed by atoms with Gasteiger partial charge in [0.25, 0.3) is 0 Å². The molecule has 0 radical (unpaired) electrons. The molecule has 0 aromatic heterocycles. The van der Waals surface area contributed by atoms with Crippen molar-refractivity contribution >= 4 is 29.2 Å². The van der Waals surface area contributed by atoms with Crippen molar-refractivity contribution in [1.29, 1.82) is 0 Å². The van der Waals surface area contributed by atoms with Crippen molar-refractivity contribution in [3.05, 3.63) is 63.7 Å². The molecule has 2 aromatic rings. The average molecular weight is 387 g/mol. The molecule has 0 amide bonds. The third-order valence-electron chi connectivity index (χ3n) is 3.48. The first kappa shape index (κ1) is 17.9. The number of alkyl halides is 3. The van der Waals surface area contributed by atoms with Gasteiger partial charge in [-0.3, -0.25) is 10.1 Å². The first-order valence-corrected chi connectivity index (χ1v) is 9.31. The zero-order valence-electron chi connectivity index (χ0n) is 12.7. The van der Waals surface area contributed by atoms with Crippen molar-refractivity contribution in [3.8, 4) is 11.5 Å². The Morgan fingerprint density at radius 1 is 1.08 bits per heavy atom. The number of benzene rings is 2. The fraction of sp³-hybridized carbons (Fsp3) is 0.250. The van der Waals surface area contributed by atoms with Gasteiger partial charge in [-0.1, -0.05) is 12.1 Å². The van der Waals surface area contributed by atoms with Crippen molar-refractivity contribution in [2.75, 3.05) is 11.5 Å². The lowest BCUT2D eigenvalue weighted by atomic mass is 10.2. The number of nitro groups is 1. The topological polar surface area (TPSA) is 52.4 Å². The highest BCUT2D eigenvalue weighted by molar-refractivity contribution is 8.19. The Hall–Kier alpha value is -1.87. The van der Waals surface area contributed by atoms with Crippen molar-refractivity contribution in [3.63, 3.8) is 0 Å². The van der Waals surface area contributed by atoms with Gasteiger partial charge in [-0.25, -0.2) is 0 Å². The highest BCUT2D eigenvalue weighted by atomic mass is 32.2. The number of ether oxygens (including phenoxy) is 1. The van der Waals surface area contributed by atoms with Crippen LogP contribution in [0.5, 0.6) is 11.5 Å². The van der Waals surface area contributed by atoms with E-state index in [1.807, 2.05) is 35.7 Å². The molecule has 1 aliphatic heterocycles. The minimum absolute atomic E-state index is 0.227. The Morgan fingerprint density at radius 2 is 1.72 bits per heavy atom. The molecule has 1 heterocycles. The van der Waals surface area contributed by atoms with Crippen LogP contribution in [0, 0.1) is 10.1 Å². The van der Waals surface area contributed by atoms with Gasteiger partial charge in [0, 0.05) is 17.6 Å². The average Bonchev–Trinajstić information content (AvgIpc) is 3.09. The maximum atomic E-state index is 12.7. The molecule has 3 rings (SSSR count). The van der Waals surface area contributed by atoms with Crippen molar-refractivity contribution in [1.82, 2.24) is 0 Å². The predicted molar refractivity (Wildman–Crippen MR) is 92.3 cm³/mol. The summed E-state index contributed by atoms with van der Waals surface area (Å²) in [4.78, 5) is 10.2. The van der Waals surface area contributed by atoms with E-state index in [1.165, 1.54) is 0 Å². The van der Waals surface area contributed by atoms with Crippen LogP contribution in [0.25, 0.3) is 0 Å². The Kier molecular flexibility index (Phi) is 5.14. The van der Waals surface area contributed by atoms with Gasteiger partial charge in [-0.15, -0.1) is 23.5 Å². The first-order chi connectivity index (χ1) is 11.8. The number of nitrogens with zero attached hydrogens (tertiary/aromatic N) is 1. The monoisotopic (exact) mass is 387 g/mol. The smallest absolute Gasteiger partial charge is 0.416 e. The molecule has 0 saturated carbocycles. The van der Waals surface area contributed by atoms with Crippen molar-refractivity contribution in [2.24, 2.45) is 0 Å². The number of halogens is 3. The predicted octanol–water partition coefficient (Wildman–Crippen LogP) is 5.88. The zero-order chi connectivity index (χ0) is 18.0. The normalized spacial score (nSPS) is 15.3. The fourth-order valence-electron chi connectivity index (χ4n) is 2.29. The molecular formula is C16H12F3NO3S2. The van der Waals surface area contributed by atoms with Gasteiger partial charge in [0.15, 0.2) is 0 Å². The number of rotatable bonds is 4. The summed E-state index contributed by atoms with van der Waals surface area (Å²) in [5.74, 6) is 2.28. The van der Waals surface area contributed by atoms with E-state index in [-0.39, 0.29) is 5.75 Å². The van der Waals surface area contributed by atoms with Gasteiger partial charge in [-0.2, -0.15) is 13.2 Å². The van der Waals surface area contributed by atoms with Crippen molar-refractivity contribution < 1.29 is 22.8 Å². The molecule has 0 atom stereocenters. The standard InChI is InChI=1S/C16H12F3NO3S2/c17-16(18,19)11-3-6-14(13(9-11)20(21)22)23-12-4-1-10(2-5-12)15-24-7-8-25-15/h1-6,9,15H,7-8H2. The molecule has 25 heavy (non-hydrogen) atoms. The molecule has 1 fully saturated rings. The van der Waals surface area contributed by atoms with Crippen LogP contribution in [0.4, 0.5) is 18.9 Å². The Labute approximate surface area is 149 Å². The number of thioether (sulfide) groups is 2. The van der Waals surface area contributed by atoms with Gasteiger partial charge < -0.3 is 4.74 Å². The molecule has 0 spiro atoms. The van der Waals surface area contributed by atoms with E-state index in [0.717, 1.165) is 29.2 Å². The Balaban J connectivity index is 1.83. The Bertz CT molecular complexity index is 775. The molecule has 0 aliphatic carbocycles. The number of hydrogen-bond donors (Lipinski definition) is 0. The highest BCUT2D eigenvalue weighted by Crippen LogP contribution is 2.45. The molecule has 0 bridgehead atoms. The van der Waals surface area contributed by atoms with Crippen LogP contribution < -0.4 is 4.74 Å². The zero-order valence-corrected chi connectivity index (χ0v) is 14.3. The molecule has 9 heteroatoms. The molecule has 0 unspecified atom stereocenters. The molecular weight excluding hydrogens is 375 g/mol. The molecule has 132 valence electrons. The molecule has 4 nitrogen and oxygen atoms in total. The largest absolute Gasteiger partial charge is 0.450 e. The van der Waals surface area contributed by atoms with Crippen LogP contribution in [-0.2, 0) is 6.18 Å². The van der Waals surface area contributed by atoms with Crippen LogP contribution in [0.2, 0.25) is 0 Å². The minimum Gasteiger partial charge on any atom is -0.450 e. The van der Waals surface area contributed by atoms with Crippen LogP contribution in [0.3, 0.4) is 0 Å². The van der Waals surface area contributed by atoms with Gasteiger partial charge in [0.1, 0.15) is 5.75 Å². The summed E-state index contributed by atoms with van der Waals surface area (Å²) in [6.45, 7) is 0. The maximum Gasteiger partial charge on any atom is 0.416 e. The van der Waals surface area contributed by atoms with Crippen molar-refractivity contribution in [2.45, 2.75) is 10.8 Å². The summed E-state index contributed by atoms with van der Waals surface area (Å²) in [6, 6.07) is 9.27. The second-order valence-corrected chi connectivity index (χ2v) is 7.91. The van der Waals surface area contributed by atoms with E-state index in [1.54, 1.807) is 12.1 Å². The quantitative estimate of drug-likeness (QED) is 0.484. The summed E-state index contributed by atoms with van der Waals surface area (Å²) in [5, 5.41) is 11.1. The van der Waals surface area contributed by atoms with E-state index in [9.17, 15) is 23.3 Å². The van der Waals surface area contributed by atoms with Gasteiger partial charge in [0.05, 0.1) is 15.1 Å². The van der Waals surface area contributed by atoms with Crippen LogP contribution in [-0.4, -0.2) is 16.4 Å². The van der Waals surface area contributed by atoms with E-state index in [2.05, 4.69) is 0 Å². The maximum absolute atomic E-state index is 12.7. The second-order valence-electron chi connectivity index (χ2n) is 5.18. The van der Waals surface area contributed by atoms with Crippen LogP contribution >= 0.6 is 23.5 Å². The van der Waals surface area contributed by atoms with Crippen LogP contribution in [0.15, 0.2) is 42.5 Å². The molecule has 0 N–H and O–H groups in total. The molecule has 2 aromatic carbocycles. The minimum atomic E-state index is -4.65. The lowest BCUT2D eigenvalue weighted by Gasteiger charge is -2.11. The molecule has 1 aliphatic rings. The van der Waals surface area contributed by atoms with E-state index < -0.39 is 22.4 Å². The number of nitro benzene ring substituents is 1. The second kappa shape index (κ2) is 7.17. The van der Waals surface area contributed by atoms with E-state index >= 15 is 0 Å². The summed E-state index contributed by atoms with van der Waals surface area (Å²) in [6.07, 6.45) is -4.65. The first-order valence-electron chi connectivity index (χ1n) is 7.21. The third-order valence-corrected chi connectivity index (χ3v) is 6.59. The third kappa shape index (κ3) is 4.21. The summed E-state index contributed by atoms with van der Waals surface area (Å²) < 4.78 is 43.9. The highest BCUT2D eigenvalue weighted by Gasteiger charge is 2.33. The van der Waals surface area contributed by atoms with Gasteiger partial charge >= 0.3 is 11.9 Å². The fourth-order valence-corrected chi connectivity index (χ4v) is 5.15. The van der Waals surface area contributed by atoms with E-state index in [0.29, 0.717) is 16.4 Å². The lowest BCUT2D eigenvalue weighted by molar-refractivity contribution is -0.385. The van der Waals surface area contributed by atoms with Gasteiger partial charge in [-0.05, 0) is 29.8 Å². The van der Waals surface area contributed by atoms with Gasteiger partial charge in [0.2, 0.25) is 5.75 Å². The summed E-state index contributed by atoms with van der Waals surface area (Å²) >= 11 is 3.68. The molecule has 1 saturated heterocycles. The summed E-state index contributed by atoms with van der Waals surface area (Å²) in [5.41, 5.74) is -0.695. The van der Waals surface area contributed by atoms with E-state index in [4.69, 9.17) is 4.74 Å². The number of hydrogen-bond acceptors (Lipinski definition) is 5. The SMILES string of the molecule is O=[N+]([O-])c1cc(C(F)(F)F)ccc1Oc1ccc(C2SCCS2)cc1. The lowest BCUT2D eigenvalue weighted by Crippen LogP contribution is -2.06. The Morgan fingerprint density at radius 3 is 2.28 bits per heavy atom.